The predicted octanol–water partition coefficient (Wildman–Crippen LogP) is 0.169. The molecule has 1 aliphatic rings. The summed E-state index contributed by atoms with van der Waals surface area (Å²) in [6, 6.07) is -1.85. The number of nitrogens with zero attached hydrogens (tertiary/aromatic N) is 4. The first-order valence-electron chi connectivity index (χ1n) is 6.96. The summed E-state index contributed by atoms with van der Waals surface area (Å²) < 4.78 is 42.8. The summed E-state index contributed by atoms with van der Waals surface area (Å²) in [6.45, 7) is 0. The normalized spacial score (nSPS) is 27.0. The number of aromatic nitrogens is 4. The molecule has 2 aromatic rings. The third-order valence-electron chi connectivity index (χ3n) is 3.92. The average Bonchev–Trinajstić information content (AvgIpc) is 3.02. The Morgan fingerprint density at radius 2 is 2.12 bits per heavy atom. The molecule has 2 aromatic heterocycles. The monoisotopic (exact) mass is 380 g/mol. The summed E-state index contributed by atoms with van der Waals surface area (Å²) in [6.07, 6.45) is -6.93. The summed E-state index contributed by atoms with van der Waals surface area (Å²) in [7, 11) is 0. The molecule has 1 aliphatic carbocycles. The number of hydrogen-bond acceptors (Lipinski definition) is 8. The van der Waals surface area contributed by atoms with Gasteiger partial charge in [-0.1, -0.05) is 0 Å². The number of esters is 1. The maximum Gasteiger partial charge on any atom is 0.490 e. The lowest BCUT2D eigenvalue weighted by molar-refractivity contribution is -0.208. The van der Waals surface area contributed by atoms with Gasteiger partial charge in [0.2, 0.25) is 5.28 Å². The number of halogens is 4. The SMILES string of the molecule is Nc1nc(Cl)nc2c1ncn2C1CC(N)C(OC(=O)C(F)(F)F)C1O. The molecule has 2 heterocycles. The Bertz CT molecular complexity index is 828. The largest absolute Gasteiger partial charge is 0.490 e. The van der Waals surface area contributed by atoms with Crippen LogP contribution in [0.3, 0.4) is 0 Å². The molecule has 13 heteroatoms. The Morgan fingerprint density at radius 3 is 2.76 bits per heavy atom. The fourth-order valence-corrected chi connectivity index (χ4v) is 2.97. The van der Waals surface area contributed by atoms with Crippen molar-refractivity contribution in [2.45, 2.75) is 36.9 Å². The van der Waals surface area contributed by atoms with Crippen LogP contribution in [0.5, 0.6) is 0 Å². The maximum absolute atomic E-state index is 12.4. The molecular weight excluding hydrogens is 369 g/mol. The molecule has 4 unspecified atom stereocenters. The van der Waals surface area contributed by atoms with Crippen molar-refractivity contribution in [3.8, 4) is 0 Å². The number of hydrogen-bond donors (Lipinski definition) is 3. The molecule has 0 bridgehead atoms. The maximum atomic E-state index is 12.4. The van der Waals surface area contributed by atoms with Crippen LogP contribution < -0.4 is 11.5 Å². The lowest BCUT2D eigenvalue weighted by Gasteiger charge is -2.22. The number of imidazole rings is 1. The quantitative estimate of drug-likeness (QED) is 0.494. The Hall–Kier alpha value is -2.18. The number of anilines is 1. The van der Waals surface area contributed by atoms with Gasteiger partial charge in [0, 0.05) is 6.04 Å². The van der Waals surface area contributed by atoms with Crippen molar-refractivity contribution in [3.05, 3.63) is 11.6 Å². The first-order chi connectivity index (χ1) is 11.6. The topological polar surface area (TPSA) is 142 Å². The Labute approximate surface area is 142 Å². The van der Waals surface area contributed by atoms with Crippen LogP contribution in [0.4, 0.5) is 19.0 Å². The third-order valence-corrected chi connectivity index (χ3v) is 4.09. The second-order valence-electron chi connectivity index (χ2n) is 5.53. The van der Waals surface area contributed by atoms with Gasteiger partial charge in [-0.2, -0.15) is 23.1 Å². The molecule has 0 aliphatic heterocycles. The zero-order chi connectivity index (χ0) is 18.5. The van der Waals surface area contributed by atoms with E-state index in [4.69, 9.17) is 23.1 Å². The number of alkyl halides is 3. The van der Waals surface area contributed by atoms with Gasteiger partial charge in [-0.15, -0.1) is 0 Å². The summed E-state index contributed by atoms with van der Waals surface area (Å²) in [4.78, 5) is 22.7. The second kappa shape index (κ2) is 5.97. The zero-order valence-corrected chi connectivity index (χ0v) is 13.1. The van der Waals surface area contributed by atoms with Gasteiger partial charge in [-0.25, -0.2) is 9.78 Å². The van der Waals surface area contributed by atoms with E-state index >= 15 is 0 Å². The van der Waals surface area contributed by atoms with Gasteiger partial charge in [0.1, 0.15) is 17.7 Å². The molecule has 0 aromatic carbocycles. The molecule has 1 fully saturated rings. The highest BCUT2D eigenvalue weighted by molar-refractivity contribution is 6.28. The molecule has 5 N–H and O–H groups in total. The van der Waals surface area contributed by atoms with Crippen molar-refractivity contribution < 1.29 is 27.8 Å². The van der Waals surface area contributed by atoms with E-state index in [-0.39, 0.29) is 28.7 Å². The molecule has 0 saturated heterocycles. The number of aliphatic hydroxyl groups excluding tert-OH is 1. The van der Waals surface area contributed by atoms with E-state index in [0.717, 1.165) is 0 Å². The van der Waals surface area contributed by atoms with Crippen molar-refractivity contribution in [3.63, 3.8) is 0 Å². The van der Waals surface area contributed by atoms with Crippen molar-refractivity contribution in [2.24, 2.45) is 5.73 Å². The van der Waals surface area contributed by atoms with Gasteiger partial charge in [0.25, 0.3) is 0 Å². The number of nitrogen functional groups attached to an aromatic ring is 1. The van der Waals surface area contributed by atoms with Crippen molar-refractivity contribution in [1.82, 2.24) is 19.5 Å². The Balaban J connectivity index is 1.91. The summed E-state index contributed by atoms with van der Waals surface area (Å²) in [5, 5.41) is 10.2. The van der Waals surface area contributed by atoms with E-state index in [0.29, 0.717) is 0 Å². The zero-order valence-electron chi connectivity index (χ0n) is 12.3. The molecule has 0 radical (unpaired) electrons. The van der Waals surface area contributed by atoms with Crippen molar-refractivity contribution in [2.75, 3.05) is 5.73 Å². The van der Waals surface area contributed by atoms with Gasteiger partial charge in [0.15, 0.2) is 11.5 Å². The fraction of sp³-hybridized carbons (Fsp3) is 0.500. The molecule has 0 spiro atoms. The number of fused-ring (bicyclic) bond motifs is 1. The number of carbonyl (C=O) groups is 1. The lowest BCUT2D eigenvalue weighted by atomic mass is 10.2. The summed E-state index contributed by atoms with van der Waals surface area (Å²) in [5.41, 5.74) is 11.8. The first-order valence-corrected chi connectivity index (χ1v) is 7.34. The van der Waals surface area contributed by atoms with Crippen LogP contribution in [-0.4, -0.2) is 55.0 Å². The highest BCUT2D eigenvalue weighted by Crippen LogP contribution is 2.35. The standard InChI is InChI=1S/C12H12ClF3N6O3/c13-11-20-8(18)5-9(21-11)22(2-19-5)4-1-3(17)7(6(4)23)25-10(24)12(14,15)16/h2-4,6-7,23H,1,17H2,(H2,18,20,21). The van der Waals surface area contributed by atoms with E-state index in [2.05, 4.69) is 19.7 Å². The Morgan fingerprint density at radius 1 is 1.44 bits per heavy atom. The summed E-state index contributed by atoms with van der Waals surface area (Å²) >= 11 is 5.75. The molecule has 136 valence electrons. The predicted molar refractivity (Wildman–Crippen MR) is 78.3 cm³/mol. The van der Waals surface area contributed by atoms with Crippen LogP contribution in [0.15, 0.2) is 6.33 Å². The minimum absolute atomic E-state index is 0.00517. The van der Waals surface area contributed by atoms with Crippen molar-refractivity contribution in [1.29, 1.82) is 0 Å². The molecule has 25 heavy (non-hydrogen) atoms. The van der Waals surface area contributed by atoms with Gasteiger partial charge >= 0.3 is 12.1 Å². The highest BCUT2D eigenvalue weighted by atomic mass is 35.5. The van der Waals surface area contributed by atoms with Crippen LogP contribution in [-0.2, 0) is 9.53 Å². The van der Waals surface area contributed by atoms with Crippen LogP contribution >= 0.6 is 11.6 Å². The lowest BCUT2D eigenvalue weighted by Crippen LogP contribution is -2.43. The average molecular weight is 381 g/mol. The summed E-state index contributed by atoms with van der Waals surface area (Å²) in [5.74, 6) is -2.41. The number of aliphatic hydroxyl groups is 1. The second-order valence-corrected chi connectivity index (χ2v) is 5.87. The van der Waals surface area contributed by atoms with Crippen LogP contribution in [0.1, 0.15) is 12.5 Å². The van der Waals surface area contributed by atoms with Crippen LogP contribution in [0.25, 0.3) is 11.2 Å². The molecule has 1 saturated carbocycles. The van der Waals surface area contributed by atoms with Gasteiger partial charge in [-0.05, 0) is 18.0 Å². The smallest absolute Gasteiger partial charge is 0.451 e. The highest BCUT2D eigenvalue weighted by Gasteiger charge is 2.49. The van der Waals surface area contributed by atoms with Crippen LogP contribution in [0, 0.1) is 0 Å². The van der Waals surface area contributed by atoms with E-state index in [1.165, 1.54) is 10.9 Å². The number of nitrogens with two attached hydrogens (primary N) is 2. The van der Waals surface area contributed by atoms with Crippen LogP contribution in [0.2, 0.25) is 5.28 Å². The van der Waals surface area contributed by atoms with Crippen molar-refractivity contribution >= 4 is 34.6 Å². The minimum atomic E-state index is -5.19. The van der Waals surface area contributed by atoms with E-state index < -0.39 is 36.4 Å². The van der Waals surface area contributed by atoms with E-state index in [1.54, 1.807) is 0 Å². The fourth-order valence-electron chi connectivity index (χ4n) is 2.80. The third kappa shape index (κ3) is 3.07. The molecule has 0 amide bonds. The molecule has 9 nitrogen and oxygen atoms in total. The van der Waals surface area contributed by atoms with Gasteiger partial charge in [0.05, 0.1) is 12.4 Å². The Kier molecular flexibility index (Phi) is 4.21. The first kappa shape index (κ1) is 17.6. The number of carbonyl (C=O) groups excluding carboxylic acids is 1. The molecule has 4 atom stereocenters. The minimum Gasteiger partial charge on any atom is -0.451 e. The molecular formula is C12H12ClF3N6O3. The number of rotatable bonds is 2. The van der Waals surface area contributed by atoms with E-state index in [9.17, 15) is 23.1 Å². The van der Waals surface area contributed by atoms with E-state index in [1.807, 2.05) is 0 Å². The van der Waals surface area contributed by atoms with Gasteiger partial charge in [-0.3, -0.25) is 0 Å². The molecule has 3 rings (SSSR count). The van der Waals surface area contributed by atoms with Gasteiger partial charge < -0.3 is 25.9 Å². The number of ether oxygens (including phenoxy) is 1.